The zero-order valence-electron chi connectivity index (χ0n) is 16.1. The number of aliphatic hydroxyl groups is 4. The molecular formula is C21H27FO6. The van der Waals surface area contributed by atoms with Crippen LogP contribution in [0.25, 0.3) is 0 Å². The van der Waals surface area contributed by atoms with Gasteiger partial charge in [0.05, 0.1) is 12.2 Å². The van der Waals surface area contributed by atoms with Gasteiger partial charge >= 0.3 is 0 Å². The molecule has 0 spiro atoms. The summed E-state index contributed by atoms with van der Waals surface area (Å²) in [5.74, 6) is -2.38. The molecule has 0 aliphatic heterocycles. The van der Waals surface area contributed by atoms with Crippen molar-refractivity contribution in [3.05, 3.63) is 23.8 Å². The molecule has 0 saturated heterocycles. The number of rotatable bonds is 2. The first-order chi connectivity index (χ1) is 13.0. The second-order valence-electron chi connectivity index (χ2n) is 9.36. The molecule has 4 N–H and O–H groups in total. The lowest BCUT2D eigenvalue weighted by atomic mass is 9.44. The highest BCUT2D eigenvalue weighted by molar-refractivity contribution is 6.01. The fourth-order valence-corrected chi connectivity index (χ4v) is 6.85. The van der Waals surface area contributed by atoms with E-state index in [2.05, 4.69) is 0 Å². The molecule has 0 aromatic heterocycles. The number of carbonyl (C=O) groups excluding carboxylic acids is 2. The van der Waals surface area contributed by atoms with Crippen LogP contribution in [0, 0.1) is 22.7 Å². The van der Waals surface area contributed by atoms with Crippen LogP contribution in [0.4, 0.5) is 4.39 Å². The molecule has 0 heterocycles. The Morgan fingerprint density at radius 3 is 2.57 bits per heavy atom. The minimum absolute atomic E-state index is 0.0135. The Balaban J connectivity index is 1.84. The molecule has 7 heteroatoms. The maximum absolute atomic E-state index is 16.8. The van der Waals surface area contributed by atoms with Crippen molar-refractivity contribution < 1.29 is 34.4 Å². The van der Waals surface area contributed by atoms with Gasteiger partial charge in [-0.3, -0.25) is 9.59 Å². The van der Waals surface area contributed by atoms with E-state index in [1.165, 1.54) is 18.2 Å². The molecule has 4 aliphatic carbocycles. The number of allylic oxidation sites excluding steroid dienone is 4. The number of carbonyl (C=O) groups is 2. The van der Waals surface area contributed by atoms with Crippen LogP contribution in [0.5, 0.6) is 0 Å². The normalized spacial score (nSPS) is 52.5. The minimum Gasteiger partial charge on any atom is -0.390 e. The van der Waals surface area contributed by atoms with Crippen LogP contribution < -0.4 is 0 Å². The van der Waals surface area contributed by atoms with Gasteiger partial charge in [-0.25, -0.2) is 4.39 Å². The predicted octanol–water partition coefficient (Wildman–Crippen LogP) is 0.620. The Hall–Kier alpha value is -1.41. The summed E-state index contributed by atoms with van der Waals surface area (Å²) in [6, 6.07) is 0. The minimum atomic E-state index is -2.23. The van der Waals surface area contributed by atoms with Crippen molar-refractivity contribution in [1.82, 2.24) is 0 Å². The zero-order valence-corrected chi connectivity index (χ0v) is 16.1. The zero-order chi connectivity index (χ0) is 20.7. The molecule has 6 nitrogen and oxygen atoms in total. The summed E-state index contributed by atoms with van der Waals surface area (Å²) in [4.78, 5) is 24.2. The first kappa shape index (κ1) is 19.9. The Kier molecular flexibility index (Phi) is 4.13. The van der Waals surface area contributed by atoms with Gasteiger partial charge in [-0.2, -0.15) is 0 Å². The third kappa shape index (κ3) is 2.01. The Morgan fingerprint density at radius 1 is 1.25 bits per heavy atom. The van der Waals surface area contributed by atoms with Gasteiger partial charge in [-0.15, -0.1) is 0 Å². The Morgan fingerprint density at radius 2 is 1.93 bits per heavy atom. The summed E-state index contributed by atoms with van der Waals surface area (Å²) >= 11 is 0. The largest absolute Gasteiger partial charge is 0.390 e. The average Bonchev–Trinajstić information content (AvgIpc) is 2.84. The maximum atomic E-state index is 16.8. The van der Waals surface area contributed by atoms with Gasteiger partial charge < -0.3 is 20.4 Å². The number of halogens is 1. The highest BCUT2D eigenvalue weighted by Crippen LogP contribution is 2.69. The van der Waals surface area contributed by atoms with Crippen molar-refractivity contribution in [1.29, 1.82) is 0 Å². The van der Waals surface area contributed by atoms with E-state index >= 15 is 4.39 Å². The van der Waals surface area contributed by atoms with Gasteiger partial charge in [-0.1, -0.05) is 18.6 Å². The van der Waals surface area contributed by atoms with Crippen LogP contribution in [0.2, 0.25) is 0 Å². The number of hydrogen-bond acceptors (Lipinski definition) is 6. The van der Waals surface area contributed by atoms with Gasteiger partial charge in [-0.05, 0) is 50.7 Å². The molecule has 0 amide bonds. The standard InChI is InChI=1S/C21H27FO6/c1-18-6-5-12(24)7-11(18)3-4-13-14-8-15(25)21(28,17(27)10-23)19(14,2)9-16(26)20(13,18)22/h5-7,13-16,23,25-26,28H,3-4,8-10H2,1-2H3/t13-,14-,15?,16?,18-,19-,20?,21-/m0/s1. The van der Waals surface area contributed by atoms with E-state index < -0.39 is 58.5 Å². The third-order valence-electron chi connectivity index (χ3n) is 8.43. The number of alkyl halides is 1. The lowest BCUT2D eigenvalue weighted by Crippen LogP contribution is -2.69. The van der Waals surface area contributed by atoms with Crippen LogP contribution in [0.15, 0.2) is 23.8 Å². The van der Waals surface area contributed by atoms with Gasteiger partial charge in [0.1, 0.15) is 6.61 Å². The molecule has 0 aromatic carbocycles. The molecule has 154 valence electrons. The van der Waals surface area contributed by atoms with Gasteiger partial charge in [0.2, 0.25) is 0 Å². The fraction of sp³-hybridized carbons (Fsp3) is 0.714. The number of hydrogen-bond donors (Lipinski definition) is 4. The van der Waals surface area contributed by atoms with E-state index in [0.717, 1.165) is 0 Å². The Bertz CT molecular complexity index is 807. The topological polar surface area (TPSA) is 115 Å². The highest BCUT2D eigenvalue weighted by atomic mass is 19.1. The Labute approximate surface area is 162 Å². The smallest absolute Gasteiger partial charge is 0.192 e. The molecule has 8 atom stereocenters. The molecular weight excluding hydrogens is 367 g/mol. The van der Waals surface area contributed by atoms with Crippen molar-refractivity contribution in [2.45, 2.75) is 63.0 Å². The number of fused-ring (bicyclic) bond motifs is 5. The molecule has 3 unspecified atom stereocenters. The van der Waals surface area contributed by atoms with Crippen LogP contribution in [0.1, 0.15) is 39.5 Å². The lowest BCUT2D eigenvalue weighted by Gasteiger charge is -2.62. The SMILES string of the molecule is C[C@]12C=CC(=O)C=C1CC[C@H]1[C@@H]3CC(O)[C@](O)(C(=O)CO)[C@@]3(C)CC(O)C12F. The highest BCUT2D eigenvalue weighted by Gasteiger charge is 2.76. The van der Waals surface area contributed by atoms with Crippen LogP contribution >= 0.6 is 0 Å². The third-order valence-corrected chi connectivity index (χ3v) is 8.43. The van der Waals surface area contributed by atoms with E-state index in [0.29, 0.717) is 18.4 Å². The molecule has 0 radical (unpaired) electrons. The van der Waals surface area contributed by atoms with Crippen LogP contribution in [-0.2, 0) is 9.59 Å². The van der Waals surface area contributed by atoms with Crippen LogP contribution in [0.3, 0.4) is 0 Å². The number of Topliss-reactive ketones (excluding diaryl/α,β-unsaturated/α-hetero) is 1. The maximum Gasteiger partial charge on any atom is 0.192 e. The summed E-state index contributed by atoms with van der Waals surface area (Å²) in [6.45, 7) is 2.33. The van der Waals surface area contributed by atoms with E-state index in [1.807, 2.05) is 0 Å². The molecule has 3 saturated carbocycles. The summed E-state index contributed by atoms with van der Waals surface area (Å²) in [5.41, 5.74) is -6.12. The second kappa shape index (κ2) is 5.81. The van der Waals surface area contributed by atoms with Crippen molar-refractivity contribution in [2.75, 3.05) is 6.61 Å². The van der Waals surface area contributed by atoms with Crippen molar-refractivity contribution in [3.63, 3.8) is 0 Å². The van der Waals surface area contributed by atoms with Crippen molar-refractivity contribution in [3.8, 4) is 0 Å². The quantitative estimate of drug-likeness (QED) is 0.546. The van der Waals surface area contributed by atoms with Crippen LogP contribution in [-0.4, -0.2) is 62.1 Å². The average molecular weight is 394 g/mol. The van der Waals surface area contributed by atoms with E-state index in [9.17, 15) is 30.0 Å². The molecule has 4 aliphatic rings. The second-order valence-corrected chi connectivity index (χ2v) is 9.36. The van der Waals surface area contributed by atoms with E-state index in [4.69, 9.17) is 0 Å². The summed E-state index contributed by atoms with van der Waals surface area (Å²) in [5, 5.41) is 42.1. The van der Waals surface area contributed by atoms with E-state index in [-0.39, 0.29) is 18.6 Å². The molecule has 4 rings (SSSR count). The molecule has 0 bridgehead atoms. The van der Waals surface area contributed by atoms with E-state index in [1.54, 1.807) is 13.8 Å². The summed E-state index contributed by atoms with van der Waals surface area (Å²) in [7, 11) is 0. The lowest BCUT2D eigenvalue weighted by molar-refractivity contribution is -0.222. The first-order valence-corrected chi connectivity index (χ1v) is 9.82. The fourth-order valence-electron chi connectivity index (χ4n) is 6.85. The molecule has 0 aromatic rings. The first-order valence-electron chi connectivity index (χ1n) is 9.82. The van der Waals surface area contributed by atoms with Gasteiger partial charge in [0, 0.05) is 16.7 Å². The van der Waals surface area contributed by atoms with Crippen molar-refractivity contribution in [2.24, 2.45) is 22.7 Å². The predicted molar refractivity (Wildman–Crippen MR) is 96.8 cm³/mol. The number of aliphatic hydroxyl groups excluding tert-OH is 3. The van der Waals surface area contributed by atoms with Crippen molar-refractivity contribution >= 4 is 11.6 Å². The monoisotopic (exact) mass is 394 g/mol. The summed E-state index contributed by atoms with van der Waals surface area (Å²) < 4.78 is 16.8. The molecule has 3 fully saturated rings. The van der Waals surface area contributed by atoms with Gasteiger partial charge in [0.25, 0.3) is 0 Å². The summed E-state index contributed by atoms with van der Waals surface area (Å²) in [6.07, 6.45) is 1.93. The van der Waals surface area contributed by atoms with Gasteiger partial charge in [0.15, 0.2) is 22.8 Å². The number of ketones is 2. The molecule has 28 heavy (non-hydrogen) atoms.